The van der Waals surface area contributed by atoms with Gasteiger partial charge in [0.1, 0.15) is 11.6 Å². The molecule has 1 fully saturated rings. The van der Waals surface area contributed by atoms with Crippen LogP contribution in [0.5, 0.6) is 0 Å². The molecule has 0 aliphatic carbocycles. The fourth-order valence-electron chi connectivity index (χ4n) is 3.35. The molecule has 1 atom stereocenters. The largest absolute Gasteiger partial charge is 0.309 e. The summed E-state index contributed by atoms with van der Waals surface area (Å²) in [6.07, 6.45) is 3.55. The second-order valence-electron chi connectivity index (χ2n) is 6.33. The van der Waals surface area contributed by atoms with Crippen LogP contribution in [0.1, 0.15) is 51.6 Å². The Morgan fingerprint density at radius 3 is 2.24 bits per heavy atom. The van der Waals surface area contributed by atoms with Crippen molar-refractivity contribution in [2.45, 2.75) is 51.6 Å². The molecule has 0 saturated carbocycles. The van der Waals surface area contributed by atoms with Crippen LogP contribution >= 0.6 is 0 Å². The lowest BCUT2D eigenvalue weighted by Crippen LogP contribution is -2.54. The summed E-state index contributed by atoms with van der Waals surface area (Å²) in [5.74, 6) is -0.933. The number of piperidine rings is 1. The van der Waals surface area contributed by atoms with Crippen LogP contribution in [0.25, 0.3) is 0 Å². The van der Waals surface area contributed by atoms with Gasteiger partial charge in [0, 0.05) is 11.1 Å². The van der Waals surface area contributed by atoms with Crippen LogP contribution in [-0.2, 0) is 0 Å². The monoisotopic (exact) mass is 296 g/mol. The maximum absolute atomic E-state index is 14.2. The van der Waals surface area contributed by atoms with Gasteiger partial charge in [-0.1, -0.05) is 19.4 Å². The molecule has 2 rings (SSSR count). The van der Waals surface area contributed by atoms with E-state index in [9.17, 15) is 8.78 Å². The predicted molar refractivity (Wildman–Crippen MR) is 82.3 cm³/mol. The normalized spacial score (nSPS) is 18.7. The Labute approximate surface area is 126 Å². The lowest BCUT2D eigenvalue weighted by atomic mass is 9.85. The number of nitrogens with one attached hydrogen (secondary N) is 1. The van der Waals surface area contributed by atoms with E-state index in [2.05, 4.69) is 24.1 Å². The minimum atomic E-state index is -0.467. The Kier molecular flexibility index (Phi) is 5.33. The summed E-state index contributed by atoms with van der Waals surface area (Å²) >= 11 is 0. The third kappa shape index (κ3) is 3.43. The maximum atomic E-state index is 14.2. The van der Waals surface area contributed by atoms with E-state index in [0.29, 0.717) is 6.54 Å². The average Bonchev–Trinajstić information content (AvgIpc) is 2.47. The molecule has 0 radical (unpaired) electrons. The first-order valence-corrected chi connectivity index (χ1v) is 7.90. The Bertz CT molecular complexity index is 448. The first-order chi connectivity index (χ1) is 9.98. The smallest absolute Gasteiger partial charge is 0.130 e. The third-order valence-electron chi connectivity index (χ3n) is 4.57. The van der Waals surface area contributed by atoms with Crippen molar-refractivity contribution in [3.8, 4) is 0 Å². The molecule has 1 aliphatic rings. The molecular weight excluding hydrogens is 270 g/mol. The van der Waals surface area contributed by atoms with Gasteiger partial charge in [0.2, 0.25) is 0 Å². The first-order valence-electron chi connectivity index (χ1n) is 7.90. The van der Waals surface area contributed by atoms with Gasteiger partial charge in [0.05, 0.1) is 6.04 Å². The second-order valence-corrected chi connectivity index (χ2v) is 6.33. The molecule has 1 aromatic carbocycles. The van der Waals surface area contributed by atoms with Crippen molar-refractivity contribution in [1.29, 1.82) is 0 Å². The van der Waals surface area contributed by atoms with E-state index in [1.807, 2.05) is 6.92 Å². The highest BCUT2D eigenvalue weighted by atomic mass is 19.1. The quantitative estimate of drug-likeness (QED) is 0.887. The topological polar surface area (TPSA) is 15.3 Å². The molecule has 0 amide bonds. The van der Waals surface area contributed by atoms with Gasteiger partial charge in [-0.05, 0) is 58.5 Å². The Balaban J connectivity index is 2.37. The molecule has 4 heteroatoms. The van der Waals surface area contributed by atoms with Crippen LogP contribution in [0.3, 0.4) is 0 Å². The van der Waals surface area contributed by atoms with Crippen LogP contribution in [0.4, 0.5) is 8.78 Å². The van der Waals surface area contributed by atoms with E-state index in [-0.39, 0.29) is 17.1 Å². The van der Waals surface area contributed by atoms with Crippen molar-refractivity contribution in [2.24, 2.45) is 0 Å². The number of nitrogens with zero attached hydrogens (tertiary/aromatic N) is 1. The number of benzene rings is 1. The number of hydrogen-bond acceptors (Lipinski definition) is 2. The fraction of sp³-hybridized carbons (Fsp3) is 0.647. The van der Waals surface area contributed by atoms with E-state index in [1.54, 1.807) is 0 Å². The lowest BCUT2D eigenvalue weighted by molar-refractivity contribution is 0.0589. The zero-order valence-corrected chi connectivity index (χ0v) is 13.3. The highest BCUT2D eigenvalue weighted by molar-refractivity contribution is 5.26. The van der Waals surface area contributed by atoms with E-state index in [4.69, 9.17) is 0 Å². The van der Waals surface area contributed by atoms with Gasteiger partial charge in [-0.2, -0.15) is 0 Å². The van der Waals surface area contributed by atoms with E-state index < -0.39 is 11.6 Å². The SMILES string of the molecule is CCNC(c1c(F)cccc1F)C(C)(C)N1CCCCC1. The summed E-state index contributed by atoms with van der Waals surface area (Å²) in [5.41, 5.74) is -0.172. The average molecular weight is 296 g/mol. The molecule has 0 aromatic heterocycles. The standard InChI is InChI=1S/C17H26F2N2/c1-4-20-16(15-13(18)9-8-10-14(15)19)17(2,3)21-11-6-5-7-12-21/h8-10,16,20H,4-7,11-12H2,1-3H3. The molecular formula is C17H26F2N2. The van der Waals surface area contributed by atoms with Crippen LogP contribution < -0.4 is 5.32 Å². The van der Waals surface area contributed by atoms with Gasteiger partial charge in [-0.15, -0.1) is 0 Å². The van der Waals surface area contributed by atoms with Gasteiger partial charge in [0.25, 0.3) is 0 Å². The minimum Gasteiger partial charge on any atom is -0.309 e. The number of likely N-dealkylation sites (tertiary alicyclic amines) is 1. The van der Waals surface area contributed by atoms with E-state index >= 15 is 0 Å². The summed E-state index contributed by atoms with van der Waals surface area (Å²) in [4.78, 5) is 2.36. The van der Waals surface area contributed by atoms with Crippen molar-refractivity contribution >= 4 is 0 Å². The van der Waals surface area contributed by atoms with Crippen molar-refractivity contribution < 1.29 is 8.78 Å². The molecule has 1 aromatic rings. The molecule has 0 spiro atoms. The van der Waals surface area contributed by atoms with Crippen molar-refractivity contribution in [2.75, 3.05) is 19.6 Å². The maximum Gasteiger partial charge on any atom is 0.130 e. The predicted octanol–water partition coefficient (Wildman–Crippen LogP) is 3.88. The molecule has 1 N–H and O–H groups in total. The van der Waals surface area contributed by atoms with Gasteiger partial charge in [-0.3, -0.25) is 4.90 Å². The van der Waals surface area contributed by atoms with Gasteiger partial charge in [-0.25, -0.2) is 8.78 Å². The number of halogens is 2. The summed E-state index contributed by atoms with van der Waals surface area (Å²) in [6, 6.07) is 3.75. The van der Waals surface area contributed by atoms with Gasteiger partial charge >= 0.3 is 0 Å². The number of rotatable bonds is 5. The molecule has 1 saturated heterocycles. The summed E-state index contributed by atoms with van der Waals surface area (Å²) in [7, 11) is 0. The van der Waals surface area contributed by atoms with Crippen LogP contribution in [0.2, 0.25) is 0 Å². The third-order valence-corrected chi connectivity index (χ3v) is 4.57. The fourth-order valence-corrected chi connectivity index (χ4v) is 3.35. The van der Waals surface area contributed by atoms with Gasteiger partial charge in [0.15, 0.2) is 0 Å². The van der Waals surface area contributed by atoms with Crippen LogP contribution in [0, 0.1) is 11.6 Å². The summed E-state index contributed by atoms with van der Waals surface area (Å²) < 4.78 is 28.4. The van der Waals surface area contributed by atoms with E-state index in [0.717, 1.165) is 25.9 Å². The van der Waals surface area contributed by atoms with Crippen LogP contribution in [0.15, 0.2) is 18.2 Å². The molecule has 21 heavy (non-hydrogen) atoms. The molecule has 0 bridgehead atoms. The zero-order valence-electron chi connectivity index (χ0n) is 13.3. The Hall–Kier alpha value is -1.00. The van der Waals surface area contributed by atoms with E-state index in [1.165, 1.54) is 24.6 Å². The van der Waals surface area contributed by atoms with Crippen LogP contribution in [-0.4, -0.2) is 30.1 Å². The van der Waals surface area contributed by atoms with Crippen molar-refractivity contribution in [1.82, 2.24) is 10.2 Å². The molecule has 1 aliphatic heterocycles. The molecule has 2 nitrogen and oxygen atoms in total. The first kappa shape index (κ1) is 16.4. The summed E-state index contributed by atoms with van der Waals surface area (Å²) in [6.45, 7) is 8.79. The molecule has 118 valence electrons. The van der Waals surface area contributed by atoms with Crippen molar-refractivity contribution in [3.63, 3.8) is 0 Å². The molecule has 1 unspecified atom stereocenters. The summed E-state index contributed by atoms with van der Waals surface area (Å²) in [5, 5.41) is 3.30. The van der Waals surface area contributed by atoms with Crippen molar-refractivity contribution in [3.05, 3.63) is 35.4 Å². The highest BCUT2D eigenvalue weighted by Gasteiger charge is 2.39. The lowest BCUT2D eigenvalue weighted by Gasteiger charge is -2.46. The van der Waals surface area contributed by atoms with Gasteiger partial charge < -0.3 is 5.32 Å². The Morgan fingerprint density at radius 1 is 1.14 bits per heavy atom. The molecule has 1 heterocycles. The zero-order chi connectivity index (χ0) is 15.5. The minimum absolute atomic E-state index is 0.162. The highest BCUT2D eigenvalue weighted by Crippen LogP contribution is 2.35. The Morgan fingerprint density at radius 2 is 1.71 bits per heavy atom. The second kappa shape index (κ2) is 6.84. The number of likely N-dealkylation sites (N-methyl/N-ethyl adjacent to an activating group) is 1. The number of hydrogen-bond donors (Lipinski definition) is 1.